The Kier molecular flexibility index (Phi) is 5.28. The van der Waals surface area contributed by atoms with E-state index in [4.69, 9.17) is 9.47 Å². The predicted octanol–water partition coefficient (Wildman–Crippen LogP) is 3.25. The van der Waals surface area contributed by atoms with Crippen LogP contribution in [-0.4, -0.2) is 31.4 Å². The lowest BCUT2D eigenvalue weighted by Crippen LogP contribution is -2.55. The molecule has 19 heavy (non-hydrogen) atoms. The van der Waals surface area contributed by atoms with Crippen molar-refractivity contribution in [3.63, 3.8) is 0 Å². The van der Waals surface area contributed by atoms with E-state index in [-0.39, 0.29) is 11.6 Å². The maximum absolute atomic E-state index is 6.26. The Morgan fingerprint density at radius 1 is 1.42 bits per heavy atom. The highest BCUT2D eigenvalue weighted by atomic mass is 16.5. The van der Waals surface area contributed by atoms with Gasteiger partial charge in [-0.05, 0) is 51.1 Å². The lowest BCUT2D eigenvalue weighted by molar-refractivity contribution is -0.0961. The fraction of sp³-hybridized carbons (Fsp3) is 0.875. The number of hydrogen-bond acceptors (Lipinski definition) is 3. The molecule has 1 atom stereocenters. The molecule has 0 radical (unpaired) electrons. The molecule has 0 aromatic rings. The molecule has 1 heterocycles. The molecule has 0 amide bonds. The molecule has 0 aromatic heterocycles. The van der Waals surface area contributed by atoms with Gasteiger partial charge in [0.05, 0.1) is 18.2 Å². The molecule has 1 unspecified atom stereocenters. The van der Waals surface area contributed by atoms with Crippen molar-refractivity contribution < 1.29 is 9.47 Å². The Bertz CT molecular complexity index is 306. The molecule has 0 saturated heterocycles. The van der Waals surface area contributed by atoms with Gasteiger partial charge in [-0.2, -0.15) is 0 Å². The SMILES string of the molecule is CCNC(C1=CCCO1)C1(OCC)CCC(C)CC1. The van der Waals surface area contributed by atoms with Crippen LogP contribution in [0.2, 0.25) is 0 Å². The molecular formula is C16H29NO2. The van der Waals surface area contributed by atoms with Crippen LogP contribution in [0.15, 0.2) is 11.8 Å². The van der Waals surface area contributed by atoms with Gasteiger partial charge in [-0.1, -0.05) is 13.8 Å². The summed E-state index contributed by atoms with van der Waals surface area (Å²) in [5, 5.41) is 3.62. The summed E-state index contributed by atoms with van der Waals surface area (Å²) in [6, 6.07) is 0.229. The zero-order valence-electron chi connectivity index (χ0n) is 12.7. The van der Waals surface area contributed by atoms with Gasteiger partial charge in [0, 0.05) is 13.0 Å². The molecule has 0 aromatic carbocycles. The van der Waals surface area contributed by atoms with E-state index in [1.807, 2.05) is 0 Å². The van der Waals surface area contributed by atoms with Gasteiger partial charge in [-0.3, -0.25) is 0 Å². The lowest BCUT2D eigenvalue weighted by Gasteiger charge is -2.45. The van der Waals surface area contributed by atoms with Crippen LogP contribution >= 0.6 is 0 Å². The van der Waals surface area contributed by atoms with Gasteiger partial charge >= 0.3 is 0 Å². The second-order valence-corrected chi connectivity index (χ2v) is 5.91. The molecule has 0 spiro atoms. The van der Waals surface area contributed by atoms with Crippen molar-refractivity contribution in [2.45, 2.75) is 64.5 Å². The minimum atomic E-state index is -0.0621. The predicted molar refractivity (Wildman–Crippen MR) is 78.1 cm³/mol. The second kappa shape index (κ2) is 6.76. The second-order valence-electron chi connectivity index (χ2n) is 5.91. The number of rotatable bonds is 6. The molecule has 3 heteroatoms. The Hall–Kier alpha value is -0.540. The van der Waals surface area contributed by atoms with Crippen molar-refractivity contribution in [1.29, 1.82) is 0 Å². The third-order valence-electron chi connectivity index (χ3n) is 4.50. The van der Waals surface area contributed by atoms with Gasteiger partial charge in [-0.15, -0.1) is 0 Å². The molecule has 2 aliphatic rings. The first-order valence-corrected chi connectivity index (χ1v) is 7.92. The summed E-state index contributed by atoms with van der Waals surface area (Å²) in [5.41, 5.74) is -0.0621. The van der Waals surface area contributed by atoms with E-state index < -0.39 is 0 Å². The topological polar surface area (TPSA) is 30.5 Å². The van der Waals surface area contributed by atoms with Gasteiger partial charge in [0.15, 0.2) is 0 Å². The first-order valence-electron chi connectivity index (χ1n) is 7.92. The van der Waals surface area contributed by atoms with Gasteiger partial charge in [0.2, 0.25) is 0 Å². The molecule has 1 aliphatic heterocycles. The Morgan fingerprint density at radius 3 is 2.68 bits per heavy atom. The summed E-state index contributed by atoms with van der Waals surface area (Å²) < 4.78 is 12.1. The molecule has 3 nitrogen and oxygen atoms in total. The number of hydrogen-bond donors (Lipinski definition) is 1. The van der Waals surface area contributed by atoms with Crippen LogP contribution < -0.4 is 5.32 Å². The largest absolute Gasteiger partial charge is 0.496 e. The van der Waals surface area contributed by atoms with E-state index in [2.05, 4.69) is 32.2 Å². The smallest absolute Gasteiger partial charge is 0.112 e. The van der Waals surface area contributed by atoms with Crippen LogP contribution in [0.1, 0.15) is 52.9 Å². The van der Waals surface area contributed by atoms with E-state index in [1.165, 1.54) is 12.8 Å². The molecule has 0 bridgehead atoms. The van der Waals surface area contributed by atoms with E-state index >= 15 is 0 Å². The number of ether oxygens (including phenoxy) is 2. The molecule has 2 rings (SSSR count). The van der Waals surface area contributed by atoms with Crippen LogP contribution in [0.3, 0.4) is 0 Å². The summed E-state index contributed by atoms with van der Waals surface area (Å²) in [6.45, 7) is 9.18. The van der Waals surface area contributed by atoms with Gasteiger partial charge in [0.25, 0.3) is 0 Å². The van der Waals surface area contributed by atoms with Gasteiger partial charge in [0.1, 0.15) is 5.76 Å². The Labute approximate surface area is 117 Å². The summed E-state index contributed by atoms with van der Waals surface area (Å²) >= 11 is 0. The van der Waals surface area contributed by atoms with Crippen molar-refractivity contribution in [1.82, 2.24) is 5.32 Å². The minimum Gasteiger partial charge on any atom is -0.496 e. The first-order chi connectivity index (χ1) is 9.22. The lowest BCUT2D eigenvalue weighted by atomic mass is 9.74. The van der Waals surface area contributed by atoms with Crippen molar-refractivity contribution in [2.75, 3.05) is 19.8 Å². The van der Waals surface area contributed by atoms with Crippen LogP contribution in [-0.2, 0) is 9.47 Å². The third kappa shape index (κ3) is 3.32. The molecule has 1 fully saturated rings. The van der Waals surface area contributed by atoms with Crippen LogP contribution in [0, 0.1) is 5.92 Å². The van der Waals surface area contributed by atoms with Crippen LogP contribution in [0.4, 0.5) is 0 Å². The van der Waals surface area contributed by atoms with Crippen LogP contribution in [0.25, 0.3) is 0 Å². The molecule has 1 saturated carbocycles. The molecule has 110 valence electrons. The summed E-state index contributed by atoms with van der Waals surface area (Å²) in [5.74, 6) is 1.94. The first kappa shape index (κ1) is 14.9. The Balaban J connectivity index is 2.18. The van der Waals surface area contributed by atoms with E-state index in [1.54, 1.807) is 0 Å². The minimum absolute atomic E-state index is 0.0621. The summed E-state index contributed by atoms with van der Waals surface area (Å²) in [4.78, 5) is 0. The Morgan fingerprint density at radius 2 is 2.16 bits per heavy atom. The highest BCUT2D eigenvalue weighted by molar-refractivity contribution is 5.15. The molecular weight excluding hydrogens is 238 g/mol. The normalized spacial score (nSPS) is 32.8. The van der Waals surface area contributed by atoms with E-state index in [0.29, 0.717) is 0 Å². The fourth-order valence-corrected chi connectivity index (χ4v) is 3.44. The van der Waals surface area contributed by atoms with Gasteiger partial charge in [-0.25, -0.2) is 0 Å². The standard InChI is InChI=1S/C16H29NO2/c1-4-17-15(14-7-6-12-18-14)16(19-5-2)10-8-13(3)9-11-16/h7,13,15,17H,4-6,8-12H2,1-3H3. The number of nitrogens with one attached hydrogen (secondary N) is 1. The molecule has 1 aliphatic carbocycles. The average Bonchev–Trinajstić information content (AvgIpc) is 2.93. The van der Waals surface area contributed by atoms with E-state index in [0.717, 1.165) is 50.7 Å². The third-order valence-corrected chi connectivity index (χ3v) is 4.50. The van der Waals surface area contributed by atoms with Crippen LogP contribution in [0.5, 0.6) is 0 Å². The summed E-state index contributed by atoms with van der Waals surface area (Å²) in [6.07, 6.45) is 8.08. The van der Waals surface area contributed by atoms with Crippen molar-refractivity contribution >= 4 is 0 Å². The highest BCUT2D eigenvalue weighted by Crippen LogP contribution is 2.40. The van der Waals surface area contributed by atoms with Gasteiger partial charge < -0.3 is 14.8 Å². The molecule has 1 N–H and O–H groups in total. The maximum Gasteiger partial charge on any atom is 0.112 e. The quantitative estimate of drug-likeness (QED) is 0.801. The summed E-state index contributed by atoms with van der Waals surface area (Å²) in [7, 11) is 0. The van der Waals surface area contributed by atoms with Crippen molar-refractivity contribution in [3.8, 4) is 0 Å². The average molecular weight is 267 g/mol. The van der Waals surface area contributed by atoms with Crippen molar-refractivity contribution in [2.24, 2.45) is 5.92 Å². The maximum atomic E-state index is 6.26. The zero-order chi connectivity index (χ0) is 13.7. The zero-order valence-corrected chi connectivity index (χ0v) is 12.7. The highest BCUT2D eigenvalue weighted by Gasteiger charge is 2.44. The van der Waals surface area contributed by atoms with Crippen molar-refractivity contribution in [3.05, 3.63) is 11.8 Å². The number of likely N-dealkylation sites (N-methyl/N-ethyl adjacent to an activating group) is 1. The fourth-order valence-electron chi connectivity index (χ4n) is 3.44. The monoisotopic (exact) mass is 267 g/mol. The van der Waals surface area contributed by atoms with E-state index in [9.17, 15) is 0 Å².